The molecule has 0 aromatic heterocycles. The van der Waals surface area contributed by atoms with Crippen molar-refractivity contribution in [1.29, 1.82) is 0 Å². The maximum absolute atomic E-state index is 13.0. The summed E-state index contributed by atoms with van der Waals surface area (Å²) in [6.07, 6.45) is 3.16. The lowest BCUT2D eigenvalue weighted by atomic mass is 9.92. The van der Waals surface area contributed by atoms with Crippen LogP contribution in [0.5, 0.6) is 0 Å². The van der Waals surface area contributed by atoms with Gasteiger partial charge in [0.15, 0.2) is 5.78 Å². The minimum absolute atomic E-state index is 0.00333. The molecule has 2 heterocycles. The van der Waals surface area contributed by atoms with Gasteiger partial charge in [-0.3, -0.25) is 9.59 Å². The van der Waals surface area contributed by atoms with Gasteiger partial charge in [0, 0.05) is 36.3 Å². The highest BCUT2D eigenvalue weighted by Gasteiger charge is 2.35. The number of unbranched alkanes of at least 4 members (excludes halogenated alkanes) is 1. The lowest BCUT2D eigenvalue weighted by Crippen LogP contribution is -2.39. The van der Waals surface area contributed by atoms with Crippen LogP contribution in [0.4, 0.5) is 0 Å². The summed E-state index contributed by atoms with van der Waals surface area (Å²) in [5.41, 5.74) is 0.540. The highest BCUT2D eigenvalue weighted by atomic mass is 32.2. The van der Waals surface area contributed by atoms with Crippen molar-refractivity contribution < 1.29 is 18.0 Å². The smallest absolute Gasteiger partial charge is 0.251 e. The van der Waals surface area contributed by atoms with E-state index in [4.69, 9.17) is 0 Å². The average molecular weight is 455 g/mol. The second-order valence-electron chi connectivity index (χ2n) is 9.21. The van der Waals surface area contributed by atoms with Crippen LogP contribution in [0.15, 0.2) is 52.3 Å². The summed E-state index contributed by atoms with van der Waals surface area (Å²) in [5.74, 6) is 0.809. The summed E-state index contributed by atoms with van der Waals surface area (Å²) in [4.78, 5) is 27.7. The Hall–Kier alpha value is -2.51. The van der Waals surface area contributed by atoms with Crippen molar-refractivity contribution in [3.8, 4) is 0 Å². The minimum Gasteiger partial charge on any atom is -0.352 e. The topological polar surface area (TPSA) is 83.6 Å². The van der Waals surface area contributed by atoms with Crippen molar-refractivity contribution in [2.24, 2.45) is 11.8 Å². The Kier molecular flexibility index (Phi) is 6.49. The molecule has 2 unspecified atom stereocenters. The van der Waals surface area contributed by atoms with Crippen LogP contribution in [-0.4, -0.2) is 51.2 Å². The first-order valence-electron chi connectivity index (χ1n) is 11.3. The van der Waals surface area contributed by atoms with E-state index in [9.17, 15) is 18.0 Å². The van der Waals surface area contributed by atoms with Gasteiger partial charge in [-0.1, -0.05) is 26.0 Å². The molecule has 0 aliphatic carbocycles. The first-order chi connectivity index (χ1) is 15.3. The predicted molar refractivity (Wildman–Crippen MR) is 123 cm³/mol. The molecular formula is C25H30N2O4S. The van der Waals surface area contributed by atoms with Gasteiger partial charge in [-0.15, -0.1) is 0 Å². The van der Waals surface area contributed by atoms with Crippen molar-refractivity contribution in [2.75, 3.05) is 26.2 Å². The maximum atomic E-state index is 13.0. The Labute approximate surface area is 189 Å². The van der Waals surface area contributed by atoms with Crippen LogP contribution in [0, 0.1) is 11.8 Å². The summed E-state index contributed by atoms with van der Waals surface area (Å²) in [7, 11) is -3.85. The molecule has 2 aromatic rings. The molecular weight excluding hydrogens is 424 g/mol. The van der Waals surface area contributed by atoms with Gasteiger partial charge in [-0.05, 0) is 68.0 Å². The molecule has 1 N–H and O–H groups in total. The normalized spacial score (nSPS) is 22.1. The largest absolute Gasteiger partial charge is 0.352 e. The number of ketones is 1. The Bertz CT molecular complexity index is 1130. The second-order valence-corrected chi connectivity index (χ2v) is 11.1. The number of likely N-dealkylation sites (tertiary alicyclic amines) is 1. The van der Waals surface area contributed by atoms with Gasteiger partial charge in [0.1, 0.15) is 0 Å². The van der Waals surface area contributed by atoms with E-state index in [0.717, 1.165) is 44.3 Å². The van der Waals surface area contributed by atoms with E-state index in [2.05, 4.69) is 24.1 Å². The lowest BCUT2D eigenvalue weighted by molar-refractivity contribution is 0.0949. The molecule has 0 radical (unpaired) electrons. The summed E-state index contributed by atoms with van der Waals surface area (Å²) in [5, 5.41) is 2.88. The van der Waals surface area contributed by atoms with Crippen LogP contribution in [0.25, 0.3) is 0 Å². The van der Waals surface area contributed by atoms with E-state index in [0.29, 0.717) is 6.54 Å². The van der Waals surface area contributed by atoms with Gasteiger partial charge in [0.25, 0.3) is 5.91 Å². The number of sulfone groups is 1. The van der Waals surface area contributed by atoms with Crippen molar-refractivity contribution in [1.82, 2.24) is 10.2 Å². The number of rotatable bonds is 6. The fraction of sp³-hybridized carbons (Fsp3) is 0.440. The number of benzene rings is 2. The van der Waals surface area contributed by atoms with Gasteiger partial charge < -0.3 is 10.2 Å². The highest BCUT2D eigenvalue weighted by molar-refractivity contribution is 7.91. The fourth-order valence-corrected chi connectivity index (χ4v) is 6.64. The molecule has 1 fully saturated rings. The van der Waals surface area contributed by atoms with E-state index < -0.39 is 9.84 Å². The number of amides is 1. The van der Waals surface area contributed by atoms with Crippen molar-refractivity contribution in [2.45, 2.75) is 42.9 Å². The fourth-order valence-electron chi connectivity index (χ4n) is 4.96. The van der Waals surface area contributed by atoms with E-state index in [1.54, 1.807) is 12.1 Å². The molecule has 0 spiro atoms. The Morgan fingerprint density at radius 2 is 1.69 bits per heavy atom. The number of piperidine rings is 1. The van der Waals surface area contributed by atoms with Crippen molar-refractivity contribution in [3.05, 3.63) is 59.2 Å². The monoisotopic (exact) mass is 454 g/mol. The number of carbonyl (C=O) groups is 2. The van der Waals surface area contributed by atoms with Crippen LogP contribution in [0.2, 0.25) is 0 Å². The van der Waals surface area contributed by atoms with Crippen LogP contribution < -0.4 is 5.32 Å². The summed E-state index contributed by atoms with van der Waals surface area (Å²) in [6.45, 7) is 8.44. The molecule has 32 heavy (non-hydrogen) atoms. The standard InChI is InChI=1S/C25H30N2O4S/c1-17-13-18(2)16-27(15-17)12-6-5-11-26-25(29)19-9-10-21-23(14-19)32(30,31)22-8-4-3-7-20(22)24(21)28/h3-4,7-10,14,17-18H,5-6,11-13,15-16H2,1-2H3,(H,26,29). The number of nitrogens with zero attached hydrogens (tertiary/aromatic N) is 1. The highest BCUT2D eigenvalue weighted by Crippen LogP contribution is 2.34. The van der Waals surface area contributed by atoms with Crippen molar-refractivity contribution in [3.63, 3.8) is 0 Å². The molecule has 2 aliphatic heterocycles. The predicted octanol–water partition coefficient (Wildman–Crippen LogP) is 3.55. The average Bonchev–Trinajstić information content (AvgIpc) is 2.76. The molecule has 4 rings (SSSR count). The van der Waals surface area contributed by atoms with E-state index >= 15 is 0 Å². The zero-order valence-corrected chi connectivity index (χ0v) is 19.5. The van der Waals surface area contributed by atoms with Crippen LogP contribution in [0.3, 0.4) is 0 Å². The summed E-state index contributed by atoms with van der Waals surface area (Å²) >= 11 is 0. The first kappa shape index (κ1) is 22.7. The van der Waals surface area contributed by atoms with E-state index in [-0.39, 0.29) is 38.2 Å². The summed E-state index contributed by atoms with van der Waals surface area (Å²) in [6, 6.07) is 10.5. The Balaban J connectivity index is 1.36. The van der Waals surface area contributed by atoms with Crippen LogP contribution in [-0.2, 0) is 9.84 Å². The number of nitrogens with one attached hydrogen (secondary N) is 1. The molecule has 2 atom stereocenters. The first-order valence-corrected chi connectivity index (χ1v) is 12.8. The zero-order valence-electron chi connectivity index (χ0n) is 18.6. The van der Waals surface area contributed by atoms with Gasteiger partial charge in [-0.2, -0.15) is 0 Å². The van der Waals surface area contributed by atoms with Gasteiger partial charge >= 0.3 is 0 Å². The minimum atomic E-state index is -3.85. The lowest BCUT2D eigenvalue weighted by Gasteiger charge is -2.34. The van der Waals surface area contributed by atoms with Gasteiger partial charge in [0.2, 0.25) is 9.84 Å². The molecule has 2 aliphatic rings. The maximum Gasteiger partial charge on any atom is 0.251 e. The van der Waals surface area contributed by atoms with Crippen LogP contribution in [0.1, 0.15) is 59.4 Å². The molecule has 0 bridgehead atoms. The number of carbonyl (C=O) groups excluding carboxylic acids is 2. The third-order valence-corrected chi connectivity index (χ3v) is 8.18. The molecule has 1 amide bonds. The van der Waals surface area contributed by atoms with Gasteiger partial charge in [-0.25, -0.2) is 8.42 Å². The zero-order chi connectivity index (χ0) is 22.9. The number of hydrogen-bond donors (Lipinski definition) is 1. The second kappa shape index (κ2) is 9.16. The molecule has 170 valence electrons. The molecule has 6 nitrogen and oxygen atoms in total. The van der Waals surface area contributed by atoms with Crippen molar-refractivity contribution >= 4 is 21.5 Å². The number of fused-ring (bicyclic) bond motifs is 2. The Morgan fingerprint density at radius 3 is 2.44 bits per heavy atom. The van der Waals surface area contributed by atoms with E-state index in [1.165, 1.54) is 36.8 Å². The third-order valence-electron chi connectivity index (χ3n) is 6.33. The molecule has 2 aromatic carbocycles. The third kappa shape index (κ3) is 4.50. The molecule has 0 saturated carbocycles. The molecule has 7 heteroatoms. The SMILES string of the molecule is CC1CC(C)CN(CCCCNC(=O)c2ccc3c(c2)S(=O)(=O)c2ccccc2C3=O)C1. The molecule has 1 saturated heterocycles. The van der Waals surface area contributed by atoms with E-state index in [1.807, 2.05) is 0 Å². The van der Waals surface area contributed by atoms with Crippen LogP contribution >= 0.6 is 0 Å². The Morgan fingerprint density at radius 1 is 1.00 bits per heavy atom. The number of hydrogen-bond acceptors (Lipinski definition) is 5. The quantitative estimate of drug-likeness (QED) is 0.576. The van der Waals surface area contributed by atoms with Gasteiger partial charge in [0.05, 0.1) is 9.79 Å². The summed E-state index contributed by atoms with van der Waals surface area (Å²) < 4.78 is 26.0.